The van der Waals surface area contributed by atoms with Gasteiger partial charge in [-0.15, -0.1) is 0 Å². The first kappa shape index (κ1) is 11.7. The number of rotatable bonds is 2. The second-order valence-corrected chi connectivity index (χ2v) is 4.32. The highest BCUT2D eigenvalue weighted by molar-refractivity contribution is 5.81. The van der Waals surface area contributed by atoms with Crippen LogP contribution in [-0.4, -0.2) is 34.7 Å². The Morgan fingerprint density at radius 1 is 1.47 bits per heavy atom. The van der Waals surface area contributed by atoms with Crippen molar-refractivity contribution < 1.29 is 0 Å². The normalized spacial score (nSPS) is 16.7. The molecule has 2 rings (SSSR count). The first-order valence-electron chi connectivity index (χ1n) is 5.63. The SMILES string of the molecule is Cc1nc2c(c(/C(N)=C/C=N)n1)CCN(C)C2. The van der Waals surface area contributed by atoms with Crippen LogP contribution in [0.5, 0.6) is 0 Å². The lowest BCUT2D eigenvalue weighted by Crippen LogP contribution is -2.29. The first-order valence-corrected chi connectivity index (χ1v) is 5.63. The van der Waals surface area contributed by atoms with Crippen LogP contribution in [0.2, 0.25) is 0 Å². The fraction of sp³-hybridized carbons (Fsp3) is 0.417. The summed E-state index contributed by atoms with van der Waals surface area (Å²) in [6.45, 7) is 3.70. The Morgan fingerprint density at radius 2 is 2.24 bits per heavy atom. The zero-order valence-electron chi connectivity index (χ0n) is 10.2. The van der Waals surface area contributed by atoms with E-state index >= 15 is 0 Å². The van der Waals surface area contributed by atoms with E-state index in [0.29, 0.717) is 5.70 Å². The summed E-state index contributed by atoms with van der Waals surface area (Å²) in [5, 5.41) is 7.08. The third kappa shape index (κ3) is 2.34. The highest BCUT2D eigenvalue weighted by Crippen LogP contribution is 2.22. The zero-order valence-corrected chi connectivity index (χ0v) is 10.2. The molecule has 0 radical (unpaired) electrons. The van der Waals surface area contributed by atoms with E-state index in [-0.39, 0.29) is 0 Å². The average Bonchev–Trinajstić information content (AvgIpc) is 2.27. The molecule has 17 heavy (non-hydrogen) atoms. The molecule has 1 aromatic rings. The summed E-state index contributed by atoms with van der Waals surface area (Å²) in [6, 6.07) is 0. The summed E-state index contributed by atoms with van der Waals surface area (Å²) >= 11 is 0. The summed E-state index contributed by atoms with van der Waals surface area (Å²) in [4.78, 5) is 11.1. The number of aryl methyl sites for hydroxylation is 1. The topological polar surface area (TPSA) is 78.9 Å². The number of fused-ring (bicyclic) bond motifs is 1. The molecule has 1 aliphatic heterocycles. The number of likely N-dealkylation sites (N-methyl/N-ethyl adjacent to an activating group) is 1. The molecule has 2 heterocycles. The smallest absolute Gasteiger partial charge is 0.126 e. The molecule has 0 aromatic carbocycles. The van der Waals surface area contributed by atoms with E-state index in [0.717, 1.165) is 42.3 Å². The van der Waals surface area contributed by atoms with Gasteiger partial charge in [-0.05, 0) is 26.5 Å². The maximum absolute atomic E-state index is 7.08. The van der Waals surface area contributed by atoms with Crippen molar-refractivity contribution in [2.24, 2.45) is 5.73 Å². The Balaban J connectivity index is 2.53. The number of hydrogen-bond donors (Lipinski definition) is 2. The summed E-state index contributed by atoms with van der Waals surface area (Å²) in [6.07, 6.45) is 3.67. The summed E-state index contributed by atoms with van der Waals surface area (Å²) in [7, 11) is 2.08. The van der Waals surface area contributed by atoms with Gasteiger partial charge in [0.05, 0.1) is 17.1 Å². The maximum Gasteiger partial charge on any atom is 0.126 e. The van der Waals surface area contributed by atoms with Crippen LogP contribution in [0.4, 0.5) is 0 Å². The Hall–Kier alpha value is -1.75. The molecule has 0 saturated heterocycles. The molecule has 5 heteroatoms. The summed E-state index contributed by atoms with van der Waals surface area (Å²) in [5.41, 5.74) is 9.47. The number of nitrogens with two attached hydrogens (primary N) is 1. The molecule has 0 saturated carbocycles. The van der Waals surface area contributed by atoms with Crippen LogP contribution in [0.25, 0.3) is 5.70 Å². The molecule has 1 aromatic heterocycles. The van der Waals surface area contributed by atoms with Gasteiger partial charge in [0.1, 0.15) is 5.82 Å². The number of allylic oxidation sites excluding steroid dienone is 1. The van der Waals surface area contributed by atoms with Gasteiger partial charge in [-0.1, -0.05) is 0 Å². The predicted molar refractivity (Wildman–Crippen MR) is 67.8 cm³/mol. The second kappa shape index (κ2) is 4.63. The molecule has 0 amide bonds. The minimum absolute atomic E-state index is 0.548. The molecular formula is C12H17N5. The minimum Gasteiger partial charge on any atom is -0.397 e. The van der Waals surface area contributed by atoms with Gasteiger partial charge in [-0.25, -0.2) is 9.97 Å². The summed E-state index contributed by atoms with van der Waals surface area (Å²) in [5.74, 6) is 0.732. The Kier molecular flexibility index (Phi) is 3.19. The molecule has 1 aliphatic rings. The van der Waals surface area contributed by atoms with Crippen molar-refractivity contribution in [1.29, 1.82) is 5.41 Å². The van der Waals surface area contributed by atoms with Crippen LogP contribution in [0.1, 0.15) is 22.8 Å². The molecule has 0 aliphatic carbocycles. The van der Waals surface area contributed by atoms with Gasteiger partial charge in [-0.3, -0.25) is 0 Å². The number of nitrogens with zero attached hydrogens (tertiary/aromatic N) is 3. The van der Waals surface area contributed by atoms with Crippen molar-refractivity contribution in [3.63, 3.8) is 0 Å². The van der Waals surface area contributed by atoms with Crippen molar-refractivity contribution in [2.45, 2.75) is 19.9 Å². The fourth-order valence-corrected chi connectivity index (χ4v) is 2.09. The van der Waals surface area contributed by atoms with Crippen molar-refractivity contribution in [3.8, 4) is 0 Å². The monoisotopic (exact) mass is 231 g/mol. The van der Waals surface area contributed by atoms with Crippen LogP contribution < -0.4 is 5.73 Å². The number of nitrogens with one attached hydrogen (secondary N) is 1. The lowest BCUT2D eigenvalue weighted by molar-refractivity contribution is 0.306. The standard InChI is InChI=1S/C12H17N5/c1-8-15-11-7-17(2)6-4-9(11)12(16-8)10(14)3-5-13/h3,5,13H,4,6-7,14H2,1-2H3/b10-3-,13-5?. The van der Waals surface area contributed by atoms with E-state index in [1.807, 2.05) is 6.92 Å². The molecule has 3 N–H and O–H groups in total. The van der Waals surface area contributed by atoms with Crippen LogP contribution in [-0.2, 0) is 13.0 Å². The van der Waals surface area contributed by atoms with Crippen LogP contribution >= 0.6 is 0 Å². The van der Waals surface area contributed by atoms with E-state index in [4.69, 9.17) is 11.1 Å². The summed E-state index contributed by atoms with van der Waals surface area (Å²) < 4.78 is 0. The lowest BCUT2D eigenvalue weighted by atomic mass is 10.0. The number of aromatic nitrogens is 2. The van der Waals surface area contributed by atoms with Gasteiger partial charge in [0.15, 0.2) is 0 Å². The minimum atomic E-state index is 0.548. The van der Waals surface area contributed by atoms with Gasteiger partial charge in [0.2, 0.25) is 0 Å². The van der Waals surface area contributed by atoms with Crippen LogP contribution in [0.3, 0.4) is 0 Å². The highest BCUT2D eigenvalue weighted by atomic mass is 15.1. The highest BCUT2D eigenvalue weighted by Gasteiger charge is 2.20. The zero-order chi connectivity index (χ0) is 12.4. The van der Waals surface area contributed by atoms with Gasteiger partial charge >= 0.3 is 0 Å². The second-order valence-electron chi connectivity index (χ2n) is 4.32. The van der Waals surface area contributed by atoms with E-state index in [1.165, 1.54) is 6.21 Å². The van der Waals surface area contributed by atoms with E-state index in [9.17, 15) is 0 Å². The van der Waals surface area contributed by atoms with Crippen LogP contribution in [0, 0.1) is 12.3 Å². The predicted octanol–water partition coefficient (Wildman–Crippen LogP) is 0.722. The Bertz CT molecular complexity index is 478. The first-order chi connectivity index (χ1) is 8.11. The quantitative estimate of drug-likeness (QED) is 0.735. The molecule has 90 valence electrons. The largest absolute Gasteiger partial charge is 0.397 e. The molecular weight excluding hydrogens is 214 g/mol. The van der Waals surface area contributed by atoms with Gasteiger partial charge < -0.3 is 16.0 Å². The van der Waals surface area contributed by atoms with Crippen molar-refractivity contribution in [1.82, 2.24) is 14.9 Å². The molecule has 5 nitrogen and oxygen atoms in total. The molecule has 0 bridgehead atoms. The van der Waals surface area contributed by atoms with Crippen LogP contribution in [0.15, 0.2) is 6.08 Å². The molecule has 0 unspecified atom stereocenters. The number of hydrogen-bond acceptors (Lipinski definition) is 5. The Labute approximate surface area is 101 Å². The van der Waals surface area contributed by atoms with Crippen molar-refractivity contribution in [2.75, 3.05) is 13.6 Å². The van der Waals surface area contributed by atoms with Gasteiger partial charge in [0.25, 0.3) is 0 Å². The maximum atomic E-state index is 7.08. The molecule has 0 fully saturated rings. The van der Waals surface area contributed by atoms with E-state index in [2.05, 4.69) is 21.9 Å². The van der Waals surface area contributed by atoms with E-state index < -0.39 is 0 Å². The third-order valence-corrected chi connectivity index (χ3v) is 2.90. The van der Waals surface area contributed by atoms with Crippen molar-refractivity contribution >= 4 is 11.9 Å². The third-order valence-electron chi connectivity index (χ3n) is 2.90. The Morgan fingerprint density at radius 3 is 2.94 bits per heavy atom. The lowest BCUT2D eigenvalue weighted by Gasteiger charge is -2.25. The average molecular weight is 231 g/mol. The fourth-order valence-electron chi connectivity index (χ4n) is 2.09. The van der Waals surface area contributed by atoms with Gasteiger partial charge in [-0.2, -0.15) is 0 Å². The van der Waals surface area contributed by atoms with E-state index in [1.54, 1.807) is 6.08 Å². The molecule has 0 atom stereocenters. The van der Waals surface area contributed by atoms with Gasteiger partial charge in [0, 0.05) is 24.9 Å². The van der Waals surface area contributed by atoms with Crippen molar-refractivity contribution in [3.05, 3.63) is 28.9 Å². The molecule has 0 spiro atoms.